The van der Waals surface area contributed by atoms with Crippen LogP contribution in [0.25, 0.3) is 0 Å². The van der Waals surface area contributed by atoms with Crippen LogP contribution < -0.4 is 10.6 Å². The Morgan fingerprint density at radius 3 is 2.33 bits per heavy atom. The van der Waals surface area contributed by atoms with Gasteiger partial charge in [-0.15, -0.1) is 0 Å². The summed E-state index contributed by atoms with van der Waals surface area (Å²) in [7, 11) is 1.96. The van der Waals surface area contributed by atoms with E-state index < -0.39 is 6.04 Å². The number of carbonyl (C=O) groups is 2. The van der Waals surface area contributed by atoms with Gasteiger partial charge in [0.1, 0.15) is 6.04 Å². The van der Waals surface area contributed by atoms with Crippen LogP contribution in [-0.2, 0) is 4.79 Å². The van der Waals surface area contributed by atoms with E-state index in [0.717, 1.165) is 31.5 Å². The number of benzene rings is 1. The molecule has 1 aliphatic rings. The third kappa shape index (κ3) is 4.35. The van der Waals surface area contributed by atoms with Crippen molar-refractivity contribution in [1.29, 1.82) is 0 Å². The lowest BCUT2D eigenvalue weighted by Crippen LogP contribution is -2.54. The van der Waals surface area contributed by atoms with Crippen LogP contribution in [0.3, 0.4) is 0 Å². The van der Waals surface area contributed by atoms with Crippen molar-refractivity contribution in [2.24, 2.45) is 5.92 Å². The number of rotatable bonds is 5. The predicted octanol–water partition coefficient (Wildman–Crippen LogP) is 1.96. The molecular formula is C19H29N3O2. The Balaban J connectivity index is 2.05. The highest BCUT2D eigenvalue weighted by Gasteiger charge is 2.31. The Hall–Kier alpha value is -1.88. The highest BCUT2D eigenvalue weighted by Crippen LogP contribution is 2.15. The fourth-order valence-corrected chi connectivity index (χ4v) is 3.15. The smallest absolute Gasteiger partial charge is 0.252 e. The lowest BCUT2D eigenvalue weighted by molar-refractivity contribution is -0.135. The molecule has 5 heteroatoms. The average molecular weight is 331 g/mol. The van der Waals surface area contributed by atoms with Crippen LogP contribution in [-0.4, -0.2) is 48.9 Å². The van der Waals surface area contributed by atoms with Gasteiger partial charge in [0, 0.05) is 24.7 Å². The van der Waals surface area contributed by atoms with Crippen LogP contribution in [0.4, 0.5) is 0 Å². The third-order valence-corrected chi connectivity index (χ3v) is 4.82. The highest BCUT2D eigenvalue weighted by molar-refractivity contribution is 5.98. The topological polar surface area (TPSA) is 61.4 Å². The molecule has 1 heterocycles. The molecule has 132 valence electrons. The Bertz CT molecular complexity index is 578. The standard InChI is InChI=1S/C19H29N3O2/c1-13(2)17(19(24)22-11-9-15(20-4)10-12-22)21-18(23)16-8-6-5-7-14(16)3/h5-8,13,15,17,20H,9-12H2,1-4H3,(H,21,23). The van der Waals surface area contributed by atoms with Crippen molar-refractivity contribution in [3.05, 3.63) is 35.4 Å². The molecule has 1 fully saturated rings. The van der Waals surface area contributed by atoms with Gasteiger partial charge in [-0.3, -0.25) is 9.59 Å². The van der Waals surface area contributed by atoms with E-state index >= 15 is 0 Å². The molecule has 1 unspecified atom stereocenters. The number of likely N-dealkylation sites (tertiary alicyclic amines) is 1. The van der Waals surface area contributed by atoms with E-state index in [1.807, 2.05) is 50.9 Å². The van der Waals surface area contributed by atoms with E-state index in [0.29, 0.717) is 11.6 Å². The first-order chi connectivity index (χ1) is 11.4. The summed E-state index contributed by atoms with van der Waals surface area (Å²) in [6.45, 7) is 7.34. The second-order valence-electron chi connectivity index (χ2n) is 6.90. The van der Waals surface area contributed by atoms with Gasteiger partial charge in [-0.25, -0.2) is 0 Å². The Kier molecular flexibility index (Phi) is 6.37. The fourth-order valence-electron chi connectivity index (χ4n) is 3.15. The zero-order valence-corrected chi connectivity index (χ0v) is 15.1. The van der Waals surface area contributed by atoms with E-state index in [1.165, 1.54) is 0 Å². The second-order valence-corrected chi connectivity index (χ2v) is 6.90. The number of nitrogens with zero attached hydrogens (tertiary/aromatic N) is 1. The minimum Gasteiger partial charge on any atom is -0.341 e. The summed E-state index contributed by atoms with van der Waals surface area (Å²) in [4.78, 5) is 27.3. The lowest BCUT2D eigenvalue weighted by atomic mass is 9.98. The summed E-state index contributed by atoms with van der Waals surface area (Å²) < 4.78 is 0. The first-order valence-corrected chi connectivity index (χ1v) is 8.76. The maximum atomic E-state index is 12.9. The lowest BCUT2D eigenvalue weighted by Gasteiger charge is -2.35. The van der Waals surface area contributed by atoms with Crippen molar-refractivity contribution >= 4 is 11.8 Å². The molecule has 0 spiro atoms. The number of nitrogens with one attached hydrogen (secondary N) is 2. The average Bonchev–Trinajstić information content (AvgIpc) is 2.59. The van der Waals surface area contributed by atoms with Crippen LogP contribution in [0.2, 0.25) is 0 Å². The van der Waals surface area contributed by atoms with Gasteiger partial charge >= 0.3 is 0 Å². The zero-order chi connectivity index (χ0) is 17.7. The maximum absolute atomic E-state index is 12.9. The van der Waals surface area contributed by atoms with Crippen LogP contribution in [0.1, 0.15) is 42.6 Å². The minimum absolute atomic E-state index is 0.0292. The normalized spacial score (nSPS) is 17.0. The first-order valence-electron chi connectivity index (χ1n) is 8.76. The van der Waals surface area contributed by atoms with Gasteiger partial charge in [0.25, 0.3) is 5.91 Å². The zero-order valence-electron chi connectivity index (χ0n) is 15.1. The quantitative estimate of drug-likeness (QED) is 0.867. The number of hydrogen-bond donors (Lipinski definition) is 2. The van der Waals surface area contributed by atoms with Crippen molar-refractivity contribution in [1.82, 2.24) is 15.5 Å². The monoisotopic (exact) mass is 331 g/mol. The molecule has 1 aromatic carbocycles. The van der Waals surface area contributed by atoms with Gasteiger partial charge in [-0.1, -0.05) is 32.0 Å². The number of piperidine rings is 1. The summed E-state index contributed by atoms with van der Waals surface area (Å²) >= 11 is 0. The Morgan fingerprint density at radius 2 is 1.79 bits per heavy atom. The summed E-state index contributed by atoms with van der Waals surface area (Å²) in [5.74, 6) is -0.0979. The molecule has 1 aromatic rings. The van der Waals surface area contributed by atoms with Crippen molar-refractivity contribution in [3.8, 4) is 0 Å². The molecule has 2 N–H and O–H groups in total. The van der Waals surface area contributed by atoms with Gasteiger partial charge in [-0.2, -0.15) is 0 Å². The molecule has 0 radical (unpaired) electrons. The molecule has 1 atom stereocenters. The first kappa shape index (κ1) is 18.5. The van der Waals surface area contributed by atoms with Crippen LogP contribution in [0, 0.1) is 12.8 Å². The highest BCUT2D eigenvalue weighted by atomic mass is 16.2. The molecule has 2 rings (SSSR count). The van der Waals surface area contributed by atoms with E-state index in [2.05, 4.69) is 10.6 Å². The van der Waals surface area contributed by atoms with E-state index in [-0.39, 0.29) is 17.7 Å². The number of carbonyl (C=O) groups excluding carboxylic acids is 2. The minimum atomic E-state index is -0.483. The van der Waals surface area contributed by atoms with Crippen LogP contribution in [0.15, 0.2) is 24.3 Å². The molecule has 0 bridgehead atoms. The van der Waals surface area contributed by atoms with Gasteiger partial charge < -0.3 is 15.5 Å². The summed E-state index contributed by atoms with van der Waals surface area (Å²) in [6.07, 6.45) is 1.91. The van der Waals surface area contributed by atoms with Crippen molar-refractivity contribution in [3.63, 3.8) is 0 Å². The molecule has 2 amide bonds. The van der Waals surface area contributed by atoms with Crippen LogP contribution >= 0.6 is 0 Å². The van der Waals surface area contributed by atoms with Gasteiger partial charge in [-0.05, 0) is 44.4 Å². The summed E-state index contributed by atoms with van der Waals surface area (Å²) in [5.41, 5.74) is 1.55. The summed E-state index contributed by atoms with van der Waals surface area (Å²) in [5, 5.41) is 6.22. The predicted molar refractivity (Wildman–Crippen MR) is 95.9 cm³/mol. The second kappa shape index (κ2) is 8.29. The third-order valence-electron chi connectivity index (χ3n) is 4.82. The SMILES string of the molecule is CNC1CCN(C(=O)C(NC(=O)c2ccccc2C)C(C)C)CC1. The molecule has 24 heavy (non-hydrogen) atoms. The van der Waals surface area contributed by atoms with Gasteiger partial charge in [0.05, 0.1) is 0 Å². The number of amides is 2. The number of aryl methyl sites for hydroxylation is 1. The van der Waals surface area contributed by atoms with Crippen molar-refractivity contribution in [2.45, 2.75) is 45.7 Å². The van der Waals surface area contributed by atoms with E-state index in [4.69, 9.17) is 0 Å². The molecule has 1 saturated heterocycles. The molecule has 0 saturated carbocycles. The fraction of sp³-hybridized carbons (Fsp3) is 0.579. The van der Waals surface area contributed by atoms with Gasteiger partial charge in [0.15, 0.2) is 0 Å². The Morgan fingerprint density at radius 1 is 1.17 bits per heavy atom. The van der Waals surface area contributed by atoms with E-state index in [1.54, 1.807) is 6.07 Å². The maximum Gasteiger partial charge on any atom is 0.252 e. The summed E-state index contributed by atoms with van der Waals surface area (Å²) in [6, 6.07) is 7.45. The molecular weight excluding hydrogens is 302 g/mol. The molecule has 1 aliphatic heterocycles. The van der Waals surface area contributed by atoms with E-state index in [9.17, 15) is 9.59 Å². The molecule has 5 nitrogen and oxygen atoms in total. The van der Waals surface area contributed by atoms with Gasteiger partial charge in [0.2, 0.25) is 5.91 Å². The molecule has 0 aliphatic carbocycles. The van der Waals surface area contributed by atoms with Crippen molar-refractivity contribution in [2.75, 3.05) is 20.1 Å². The Labute approximate surface area is 144 Å². The van der Waals surface area contributed by atoms with Crippen molar-refractivity contribution < 1.29 is 9.59 Å². The largest absolute Gasteiger partial charge is 0.341 e. The number of hydrogen-bond acceptors (Lipinski definition) is 3. The molecule has 0 aromatic heterocycles. The van der Waals surface area contributed by atoms with Crippen LogP contribution in [0.5, 0.6) is 0 Å².